The van der Waals surface area contributed by atoms with Crippen molar-refractivity contribution in [3.8, 4) is 5.75 Å². The fraction of sp³-hybridized carbons (Fsp3) is 0.357. The monoisotopic (exact) mass is 248 g/mol. The summed E-state index contributed by atoms with van der Waals surface area (Å²) < 4.78 is 15.4. The van der Waals surface area contributed by atoms with Gasteiger partial charge < -0.3 is 14.2 Å². The summed E-state index contributed by atoms with van der Waals surface area (Å²) in [6.45, 7) is 4.28. The molecule has 1 heterocycles. The number of ether oxygens (including phenoxy) is 3. The predicted octanol–water partition coefficient (Wildman–Crippen LogP) is 3.37. The number of carbonyl (C=O) groups excluding carboxylic acids is 1. The molecular formula is C14H16O4. The highest BCUT2D eigenvalue weighted by Gasteiger charge is 2.19. The first kappa shape index (κ1) is 12.6. The van der Waals surface area contributed by atoms with E-state index in [4.69, 9.17) is 14.2 Å². The lowest BCUT2D eigenvalue weighted by Gasteiger charge is -2.21. The first-order valence-corrected chi connectivity index (χ1v) is 6.00. The molecule has 1 aliphatic rings. The summed E-state index contributed by atoms with van der Waals surface area (Å²) in [4.78, 5) is 11.5. The second kappa shape index (κ2) is 6.21. The highest BCUT2D eigenvalue weighted by atomic mass is 16.8. The van der Waals surface area contributed by atoms with E-state index >= 15 is 0 Å². The number of carbonyl (C=O) groups is 1. The quantitative estimate of drug-likeness (QED) is 0.607. The topological polar surface area (TPSA) is 44.8 Å². The minimum Gasteiger partial charge on any atom is -0.404 e. The fourth-order valence-electron chi connectivity index (χ4n) is 1.70. The third-order valence-electron chi connectivity index (χ3n) is 2.68. The number of hydrogen-bond donors (Lipinski definition) is 0. The van der Waals surface area contributed by atoms with Gasteiger partial charge in [-0.25, -0.2) is 4.79 Å². The van der Waals surface area contributed by atoms with Crippen molar-refractivity contribution >= 4 is 12.2 Å². The van der Waals surface area contributed by atoms with Crippen LogP contribution in [0.1, 0.15) is 24.8 Å². The second-order valence-electron chi connectivity index (χ2n) is 4.04. The van der Waals surface area contributed by atoms with Crippen LogP contribution in [0.3, 0.4) is 0 Å². The van der Waals surface area contributed by atoms with Crippen molar-refractivity contribution in [3.63, 3.8) is 0 Å². The van der Waals surface area contributed by atoms with Crippen LogP contribution in [0, 0.1) is 0 Å². The lowest BCUT2D eigenvalue weighted by molar-refractivity contribution is -0.135. The van der Waals surface area contributed by atoms with E-state index in [0.717, 1.165) is 24.8 Å². The van der Waals surface area contributed by atoms with Crippen LogP contribution in [0.2, 0.25) is 0 Å². The van der Waals surface area contributed by atoms with Crippen molar-refractivity contribution in [1.82, 2.24) is 0 Å². The third-order valence-corrected chi connectivity index (χ3v) is 2.68. The van der Waals surface area contributed by atoms with Gasteiger partial charge in [0.2, 0.25) is 6.29 Å². The molecule has 1 aromatic rings. The van der Waals surface area contributed by atoms with Crippen LogP contribution in [-0.2, 0) is 9.47 Å². The maximum atomic E-state index is 11.5. The first-order valence-electron chi connectivity index (χ1n) is 6.00. The molecule has 1 fully saturated rings. The molecule has 1 aromatic carbocycles. The minimum atomic E-state index is -0.728. The van der Waals surface area contributed by atoms with E-state index in [2.05, 4.69) is 6.58 Å². The summed E-state index contributed by atoms with van der Waals surface area (Å²) in [7, 11) is 0. The molecular weight excluding hydrogens is 232 g/mol. The molecule has 0 saturated carbocycles. The summed E-state index contributed by atoms with van der Waals surface area (Å²) in [5, 5.41) is 0. The largest absolute Gasteiger partial charge is 0.516 e. The normalized spacial score (nSPS) is 19.0. The molecule has 0 radical (unpaired) electrons. The van der Waals surface area contributed by atoms with Gasteiger partial charge in [0.25, 0.3) is 0 Å². The number of benzene rings is 1. The minimum absolute atomic E-state index is 0.446. The standard InChI is InChI=1S/C14H16O4/c1-2-11-6-8-12(9-7-11)17-14(15)18-13-5-3-4-10-16-13/h2,6-9,13H,1,3-5,10H2. The van der Waals surface area contributed by atoms with Gasteiger partial charge in [-0.15, -0.1) is 0 Å². The third kappa shape index (κ3) is 3.60. The summed E-state index contributed by atoms with van der Waals surface area (Å²) in [6, 6.07) is 7.01. The van der Waals surface area contributed by atoms with E-state index in [9.17, 15) is 4.79 Å². The first-order chi connectivity index (χ1) is 8.78. The molecule has 0 bridgehead atoms. The van der Waals surface area contributed by atoms with Crippen LogP contribution >= 0.6 is 0 Å². The average molecular weight is 248 g/mol. The zero-order chi connectivity index (χ0) is 12.8. The van der Waals surface area contributed by atoms with Crippen molar-refractivity contribution in [2.24, 2.45) is 0 Å². The van der Waals surface area contributed by atoms with Crippen molar-refractivity contribution < 1.29 is 19.0 Å². The second-order valence-corrected chi connectivity index (χ2v) is 4.04. The zero-order valence-corrected chi connectivity index (χ0v) is 10.1. The van der Waals surface area contributed by atoms with Gasteiger partial charge in [-0.2, -0.15) is 0 Å². The van der Waals surface area contributed by atoms with E-state index in [1.165, 1.54) is 0 Å². The highest BCUT2D eigenvalue weighted by molar-refractivity contribution is 5.64. The van der Waals surface area contributed by atoms with Crippen LogP contribution in [0.5, 0.6) is 5.75 Å². The van der Waals surface area contributed by atoms with E-state index in [1.807, 2.05) is 12.1 Å². The van der Waals surface area contributed by atoms with Crippen LogP contribution < -0.4 is 4.74 Å². The predicted molar refractivity (Wildman–Crippen MR) is 67.2 cm³/mol. The molecule has 1 saturated heterocycles. The Morgan fingerprint density at radius 1 is 1.33 bits per heavy atom. The molecule has 18 heavy (non-hydrogen) atoms. The lowest BCUT2D eigenvalue weighted by Crippen LogP contribution is -2.26. The maximum absolute atomic E-state index is 11.5. The van der Waals surface area contributed by atoms with Gasteiger partial charge in [0.15, 0.2) is 0 Å². The Kier molecular flexibility index (Phi) is 4.36. The van der Waals surface area contributed by atoms with Crippen LogP contribution in [0.25, 0.3) is 6.08 Å². The number of hydrogen-bond acceptors (Lipinski definition) is 4. The maximum Gasteiger partial charge on any atom is 0.516 e. The van der Waals surface area contributed by atoms with Gasteiger partial charge in [-0.05, 0) is 30.5 Å². The van der Waals surface area contributed by atoms with Crippen molar-refractivity contribution in [1.29, 1.82) is 0 Å². The van der Waals surface area contributed by atoms with E-state index in [0.29, 0.717) is 12.4 Å². The Balaban J connectivity index is 1.83. The molecule has 0 spiro atoms. The molecule has 1 aliphatic heterocycles. The summed E-state index contributed by atoms with van der Waals surface area (Å²) in [5.74, 6) is 0.446. The fourth-order valence-corrected chi connectivity index (χ4v) is 1.70. The van der Waals surface area contributed by atoms with Gasteiger partial charge in [0, 0.05) is 6.42 Å². The Morgan fingerprint density at radius 2 is 2.11 bits per heavy atom. The summed E-state index contributed by atoms with van der Waals surface area (Å²) >= 11 is 0. The van der Waals surface area contributed by atoms with Crippen LogP contribution in [0.4, 0.5) is 4.79 Å². The zero-order valence-electron chi connectivity index (χ0n) is 10.1. The molecule has 4 nitrogen and oxygen atoms in total. The van der Waals surface area contributed by atoms with E-state index in [1.54, 1.807) is 18.2 Å². The highest BCUT2D eigenvalue weighted by Crippen LogP contribution is 2.17. The van der Waals surface area contributed by atoms with Crippen LogP contribution in [0.15, 0.2) is 30.8 Å². The number of rotatable bonds is 3. The molecule has 1 atom stereocenters. The molecule has 0 aromatic heterocycles. The SMILES string of the molecule is C=Cc1ccc(OC(=O)OC2CCCCO2)cc1. The Morgan fingerprint density at radius 3 is 2.72 bits per heavy atom. The van der Waals surface area contributed by atoms with Crippen molar-refractivity contribution in [2.45, 2.75) is 25.6 Å². The Bertz CT molecular complexity index is 404. The molecule has 1 unspecified atom stereocenters. The smallest absolute Gasteiger partial charge is 0.404 e. The van der Waals surface area contributed by atoms with Gasteiger partial charge >= 0.3 is 6.16 Å². The van der Waals surface area contributed by atoms with Crippen molar-refractivity contribution in [3.05, 3.63) is 36.4 Å². The molecule has 96 valence electrons. The Hall–Kier alpha value is -1.81. The average Bonchev–Trinajstić information content (AvgIpc) is 2.40. The van der Waals surface area contributed by atoms with Gasteiger partial charge in [-0.3, -0.25) is 0 Å². The molecule has 0 amide bonds. The summed E-state index contributed by atoms with van der Waals surface area (Å²) in [6.07, 6.45) is 3.26. The van der Waals surface area contributed by atoms with Crippen molar-refractivity contribution in [2.75, 3.05) is 6.61 Å². The van der Waals surface area contributed by atoms with Gasteiger partial charge in [-0.1, -0.05) is 24.8 Å². The molecule has 0 N–H and O–H groups in total. The Labute approximate surface area is 106 Å². The lowest BCUT2D eigenvalue weighted by atomic mass is 10.2. The van der Waals surface area contributed by atoms with Gasteiger partial charge in [0.1, 0.15) is 5.75 Å². The molecule has 0 aliphatic carbocycles. The summed E-state index contributed by atoms with van der Waals surface area (Å²) in [5.41, 5.74) is 0.964. The van der Waals surface area contributed by atoms with Gasteiger partial charge in [0.05, 0.1) is 6.61 Å². The molecule has 2 rings (SSSR count). The molecule has 4 heteroatoms. The van der Waals surface area contributed by atoms with Crippen LogP contribution in [-0.4, -0.2) is 19.1 Å². The van der Waals surface area contributed by atoms with E-state index in [-0.39, 0.29) is 0 Å². The van der Waals surface area contributed by atoms with E-state index < -0.39 is 12.4 Å².